The maximum Gasteiger partial charge on any atom is 0.118 e. The van der Waals surface area contributed by atoms with Crippen LogP contribution in [0.15, 0.2) is 37.1 Å². The molecular weight excluding hydrogens is 176 g/mol. The molecule has 1 rings (SSSR count). The number of aryl methyl sites for hydroxylation is 1. The van der Waals surface area contributed by atoms with Gasteiger partial charge in [-0.1, -0.05) is 32.1 Å². The normalized spacial score (nSPS) is 8.43. The van der Waals surface area contributed by atoms with Crippen LogP contribution in [0, 0.1) is 0 Å². The summed E-state index contributed by atoms with van der Waals surface area (Å²) in [6.45, 7) is 5.10. The van der Waals surface area contributed by atoms with Crippen LogP contribution in [0.2, 0.25) is 0 Å². The first-order valence-electron chi connectivity index (χ1n) is 4.66. The molecule has 0 aliphatic carbocycles. The Morgan fingerprint density at radius 2 is 1.86 bits per heavy atom. The zero-order chi connectivity index (χ0) is 10.8. The number of hydrogen-bond acceptors (Lipinski definition) is 2. The predicted octanol–water partition coefficient (Wildman–Crippen LogP) is 3.34. The van der Waals surface area contributed by atoms with Crippen molar-refractivity contribution in [2.24, 2.45) is 0 Å². The minimum Gasteiger partial charge on any atom is -0.516 e. The van der Waals surface area contributed by atoms with Gasteiger partial charge in [-0.15, -0.1) is 0 Å². The molecule has 2 nitrogen and oxygen atoms in total. The van der Waals surface area contributed by atoms with E-state index in [-0.39, 0.29) is 0 Å². The van der Waals surface area contributed by atoms with Crippen LogP contribution in [0.3, 0.4) is 0 Å². The lowest BCUT2D eigenvalue weighted by molar-refractivity contribution is 0.414. The van der Waals surface area contributed by atoms with Crippen molar-refractivity contribution in [1.29, 1.82) is 0 Å². The molecule has 1 N–H and O–H groups in total. The number of methoxy groups -OCH3 is 1. The minimum atomic E-state index is 0.750. The lowest BCUT2D eigenvalue weighted by Crippen LogP contribution is -1.84. The molecule has 0 heterocycles. The van der Waals surface area contributed by atoms with Crippen molar-refractivity contribution in [3.63, 3.8) is 0 Å². The summed E-state index contributed by atoms with van der Waals surface area (Å²) in [7, 11) is 1.69. The molecule has 0 saturated heterocycles. The highest BCUT2D eigenvalue weighted by molar-refractivity contribution is 5.27. The average molecular weight is 194 g/mol. The first kappa shape index (κ1) is 12.6. The summed E-state index contributed by atoms with van der Waals surface area (Å²) in [4.78, 5) is 0. The van der Waals surface area contributed by atoms with E-state index < -0.39 is 0 Å². The Morgan fingerprint density at radius 1 is 1.36 bits per heavy atom. The average Bonchev–Trinajstić information content (AvgIpc) is 2.21. The Morgan fingerprint density at radius 3 is 2.21 bits per heavy atom. The highest BCUT2D eigenvalue weighted by Crippen LogP contribution is 2.11. The molecule has 0 amide bonds. The van der Waals surface area contributed by atoms with Crippen molar-refractivity contribution >= 4 is 0 Å². The molecule has 0 saturated carbocycles. The van der Waals surface area contributed by atoms with Crippen molar-refractivity contribution in [3.8, 4) is 5.75 Å². The van der Waals surface area contributed by atoms with Crippen LogP contribution in [-0.4, -0.2) is 12.2 Å². The lowest BCUT2D eigenvalue weighted by atomic mass is 10.1. The summed E-state index contributed by atoms with van der Waals surface area (Å²) in [5, 5.41) is 7.33. The molecule has 1 aromatic carbocycles. The number of hydrogen-bond donors (Lipinski definition) is 1. The molecule has 1 aromatic rings. The molecule has 0 fully saturated rings. The quantitative estimate of drug-likeness (QED) is 0.748. The van der Waals surface area contributed by atoms with Gasteiger partial charge in [0.15, 0.2) is 0 Å². The van der Waals surface area contributed by atoms with E-state index in [1.54, 1.807) is 7.11 Å². The van der Waals surface area contributed by atoms with Gasteiger partial charge in [0.25, 0.3) is 0 Å². The van der Waals surface area contributed by atoms with Crippen LogP contribution in [-0.2, 0) is 6.42 Å². The second-order valence-electron chi connectivity index (χ2n) is 2.78. The summed E-state index contributed by atoms with van der Waals surface area (Å²) in [5.74, 6) is 0.935. The maximum absolute atomic E-state index is 7.33. The second-order valence-corrected chi connectivity index (χ2v) is 2.78. The predicted molar refractivity (Wildman–Crippen MR) is 59.8 cm³/mol. The molecule has 0 aliphatic heterocycles. The molecule has 78 valence electrons. The smallest absolute Gasteiger partial charge is 0.118 e. The van der Waals surface area contributed by atoms with Crippen LogP contribution in [0.1, 0.15) is 18.9 Å². The Bertz CT molecular complexity index is 239. The van der Waals surface area contributed by atoms with E-state index in [4.69, 9.17) is 9.84 Å². The lowest BCUT2D eigenvalue weighted by Gasteiger charge is -2.00. The van der Waals surface area contributed by atoms with Crippen LogP contribution in [0.4, 0.5) is 0 Å². The summed E-state index contributed by atoms with van der Waals surface area (Å²) in [5.41, 5.74) is 1.38. The van der Waals surface area contributed by atoms with Crippen LogP contribution in [0.25, 0.3) is 0 Å². The standard InChI is InChI=1S/C10H14O.C2H4O/c1-3-4-9-5-7-10(11-2)8-6-9;1-2-3/h5-8H,3-4H2,1-2H3;2-3H,1H2. The third kappa shape index (κ3) is 5.25. The van der Waals surface area contributed by atoms with Crippen LogP contribution >= 0.6 is 0 Å². The fraction of sp³-hybridized carbons (Fsp3) is 0.333. The number of aliphatic hydroxyl groups is 1. The molecule has 0 bridgehead atoms. The summed E-state index contributed by atoms with van der Waals surface area (Å²) in [6.07, 6.45) is 3.11. The molecule has 0 aliphatic rings. The summed E-state index contributed by atoms with van der Waals surface area (Å²) in [6, 6.07) is 8.24. The van der Waals surface area contributed by atoms with E-state index in [9.17, 15) is 0 Å². The number of benzene rings is 1. The minimum absolute atomic E-state index is 0.750. The van der Waals surface area contributed by atoms with Gasteiger partial charge in [-0.3, -0.25) is 0 Å². The van der Waals surface area contributed by atoms with Gasteiger partial charge < -0.3 is 9.84 Å². The number of ether oxygens (including phenoxy) is 1. The van der Waals surface area contributed by atoms with Gasteiger partial charge in [-0.2, -0.15) is 0 Å². The molecule has 0 atom stereocenters. The molecule has 0 aromatic heterocycles. The molecule has 2 heteroatoms. The first-order chi connectivity index (χ1) is 6.78. The van der Waals surface area contributed by atoms with Gasteiger partial charge in [-0.25, -0.2) is 0 Å². The third-order valence-electron chi connectivity index (χ3n) is 1.70. The van der Waals surface area contributed by atoms with Crippen molar-refractivity contribution < 1.29 is 9.84 Å². The highest BCUT2D eigenvalue weighted by Gasteiger charge is 1.91. The Labute approximate surface area is 85.8 Å². The Kier molecular flexibility index (Phi) is 7.33. The van der Waals surface area contributed by atoms with E-state index in [0.29, 0.717) is 0 Å². The van der Waals surface area contributed by atoms with E-state index in [0.717, 1.165) is 18.4 Å². The van der Waals surface area contributed by atoms with Crippen LogP contribution < -0.4 is 4.74 Å². The van der Waals surface area contributed by atoms with Crippen molar-refractivity contribution in [1.82, 2.24) is 0 Å². The van der Waals surface area contributed by atoms with E-state index >= 15 is 0 Å². The maximum atomic E-state index is 7.33. The van der Waals surface area contributed by atoms with E-state index in [1.165, 1.54) is 12.0 Å². The van der Waals surface area contributed by atoms with Gasteiger partial charge in [0.1, 0.15) is 5.75 Å². The summed E-state index contributed by atoms with van der Waals surface area (Å²) < 4.78 is 5.05. The highest BCUT2D eigenvalue weighted by atomic mass is 16.5. The zero-order valence-corrected chi connectivity index (χ0v) is 8.86. The molecule has 0 unspecified atom stereocenters. The number of aliphatic hydroxyl groups excluding tert-OH is 1. The summed E-state index contributed by atoms with van der Waals surface area (Å²) >= 11 is 0. The van der Waals surface area contributed by atoms with Gasteiger partial charge >= 0.3 is 0 Å². The third-order valence-corrected chi connectivity index (χ3v) is 1.70. The monoisotopic (exact) mass is 194 g/mol. The van der Waals surface area contributed by atoms with Crippen LogP contribution in [0.5, 0.6) is 5.75 Å². The molecule has 14 heavy (non-hydrogen) atoms. The molecule has 0 spiro atoms. The zero-order valence-electron chi connectivity index (χ0n) is 8.86. The van der Waals surface area contributed by atoms with Gasteiger partial charge in [-0.05, 0) is 24.1 Å². The molecular formula is C12H18O2. The van der Waals surface area contributed by atoms with Crippen molar-refractivity contribution in [2.45, 2.75) is 19.8 Å². The largest absolute Gasteiger partial charge is 0.516 e. The van der Waals surface area contributed by atoms with Gasteiger partial charge in [0.05, 0.1) is 13.4 Å². The van der Waals surface area contributed by atoms with Crippen molar-refractivity contribution in [3.05, 3.63) is 42.7 Å². The fourth-order valence-electron chi connectivity index (χ4n) is 1.08. The van der Waals surface area contributed by atoms with Crippen molar-refractivity contribution in [2.75, 3.05) is 7.11 Å². The van der Waals surface area contributed by atoms with Gasteiger partial charge in [0.2, 0.25) is 0 Å². The van der Waals surface area contributed by atoms with Gasteiger partial charge in [0, 0.05) is 0 Å². The SMILES string of the molecule is C=CO.CCCc1ccc(OC)cc1. The van der Waals surface area contributed by atoms with E-state index in [2.05, 4.69) is 25.6 Å². The molecule has 0 radical (unpaired) electrons. The number of rotatable bonds is 3. The topological polar surface area (TPSA) is 29.5 Å². The fourth-order valence-corrected chi connectivity index (χ4v) is 1.08. The second kappa shape index (κ2) is 8.17. The Hall–Kier alpha value is -1.44. The first-order valence-corrected chi connectivity index (χ1v) is 4.66. The Balaban J connectivity index is 0.000000500. The van der Waals surface area contributed by atoms with E-state index in [1.807, 2.05) is 12.1 Å².